The molecule has 0 spiro atoms. The predicted molar refractivity (Wildman–Crippen MR) is 64.1 cm³/mol. The van der Waals surface area contributed by atoms with Crippen LogP contribution in [0.3, 0.4) is 0 Å². The first-order chi connectivity index (χ1) is 8.38. The minimum atomic E-state index is -0.933. The van der Waals surface area contributed by atoms with Gasteiger partial charge in [0.25, 0.3) is 0 Å². The van der Waals surface area contributed by atoms with Gasteiger partial charge in [0.2, 0.25) is 5.91 Å². The van der Waals surface area contributed by atoms with E-state index in [1.165, 1.54) is 6.92 Å². The monoisotopic (exact) mass is 254 g/mol. The molecule has 3 amide bonds. The zero-order valence-electron chi connectivity index (χ0n) is 10.7. The number of nitrogens with one attached hydrogen (secondary N) is 3. The summed E-state index contributed by atoms with van der Waals surface area (Å²) in [5, 5.41) is 15.2. The largest absolute Gasteiger partial charge is 0.354 e. The van der Waals surface area contributed by atoms with Crippen molar-refractivity contribution in [3.63, 3.8) is 0 Å². The van der Waals surface area contributed by atoms with Gasteiger partial charge in [-0.25, -0.2) is 0 Å². The lowest BCUT2D eigenvalue weighted by molar-refractivity contribution is -0.140. The van der Waals surface area contributed by atoms with E-state index < -0.39 is 17.9 Å². The van der Waals surface area contributed by atoms with Crippen molar-refractivity contribution in [2.24, 2.45) is 5.92 Å². The molecule has 0 saturated heterocycles. The fourth-order valence-electron chi connectivity index (χ4n) is 0.986. The van der Waals surface area contributed by atoms with E-state index in [1.807, 2.05) is 13.8 Å². The van der Waals surface area contributed by atoms with Crippen LogP contribution in [0.15, 0.2) is 0 Å². The van der Waals surface area contributed by atoms with Crippen molar-refractivity contribution in [2.45, 2.75) is 26.8 Å². The van der Waals surface area contributed by atoms with E-state index in [-0.39, 0.29) is 12.5 Å². The van der Waals surface area contributed by atoms with Crippen molar-refractivity contribution >= 4 is 17.7 Å². The summed E-state index contributed by atoms with van der Waals surface area (Å²) in [4.78, 5) is 33.9. The van der Waals surface area contributed by atoms with Gasteiger partial charge in [0.1, 0.15) is 12.6 Å². The molecule has 0 bridgehead atoms. The molecule has 0 fully saturated rings. The van der Waals surface area contributed by atoms with Gasteiger partial charge in [-0.2, -0.15) is 5.26 Å². The Morgan fingerprint density at radius 1 is 1.11 bits per heavy atom. The van der Waals surface area contributed by atoms with Crippen LogP contribution in [0.1, 0.15) is 20.8 Å². The van der Waals surface area contributed by atoms with Crippen LogP contribution in [0.5, 0.6) is 0 Å². The summed E-state index contributed by atoms with van der Waals surface area (Å²) in [6.45, 7) is 5.61. The van der Waals surface area contributed by atoms with Crippen molar-refractivity contribution in [1.82, 2.24) is 16.0 Å². The van der Waals surface area contributed by atoms with Crippen LogP contribution in [0.25, 0.3) is 0 Å². The van der Waals surface area contributed by atoms with Crippen LogP contribution in [0.4, 0.5) is 0 Å². The Bertz CT molecular complexity index is 360. The zero-order chi connectivity index (χ0) is 14.1. The number of nitriles is 1. The molecule has 3 N–H and O–H groups in total. The van der Waals surface area contributed by atoms with Crippen LogP contribution in [-0.4, -0.2) is 36.9 Å². The topological polar surface area (TPSA) is 111 Å². The van der Waals surface area contributed by atoms with Crippen LogP contribution in [0, 0.1) is 17.2 Å². The van der Waals surface area contributed by atoms with Gasteiger partial charge < -0.3 is 16.0 Å². The Balaban J connectivity index is 4.10. The van der Waals surface area contributed by atoms with E-state index in [0.29, 0.717) is 12.5 Å². The van der Waals surface area contributed by atoms with Crippen molar-refractivity contribution in [3.8, 4) is 6.07 Å². The first kappa shape index (κ1) is 15.9. The fraction of sp³-hybridized carbons (Fsp3) is 0.636. The van der Waals surface area contributed by atoms with E-state index in [2.05, 4.69) is 16.0 Å². The Hall–Kier alpha value is -2.10. The molecule has 1 atom stereocenters. The second-order valence-corrected chi connectivity index (χ2v) is 4.17. The molecule has 0 heterocycles. The average molecular weight is 254 g/mol. The third-order valence-electron chi connectivity index (χ3n) is 1.96. The van der Waals surface area contributed by atoms with Gasteiger partial charge in [0.05, 0.1) is 6.07 Å². The molecule has 0 saturated carbocycles. The van der Waals surface area contributed by atoms with Gasteiger partial charge in [0.15, 0.2) is 0 Å². The summed E-state index contributed by atoms with van der Waals surface area (Å²) >= 11 is 0. The number of carbonyl (C=O) groups is 3. The molecule has 0 aliphatic heterocycles. The first-order valence-corrected chi connectivity index (χ1v) is 5.61. The van der Waals surface area contributed by atoms with Gasteiger partial charge in [-0.15, -0.1) is 0 Å². The minimum absolute atomic E-state index is 0.250. The second-order valence-electron chi connectivity index (χ2n) is 4.17. The predicted octanol–water partition coefficient (Wildman–Crippen LogP) is -1.10. The summed E-state index contributed by atoms with van der Waals surface area (Å²) < 4.78 is 0. The van der Waals surface area contributed by atoms with Crippen LogP contribution in [0.2, 0.25) is 0 Å². The summed E-state index contributed by atoms with van der Waals surface area (Å²) in [7, 11) is 0. The molecule has 1 unspecified atom stereocenters. The molecular formula is C11H18N4O3. The van der Waals surface area contributed by atoms with E-state index >= 15 is 0 Å². The van der Waals surface area contributed by atoms with E-state index in [4.69, 9.17) is 5.26 Å². The summed E-state index contributed by atoms with van der Waals surface area (Å²) in [6.07, 6.45) is 0. The first-order valence-electron chi connectivity index (χ1n) is 5.61. The van der Waals surface area contributed by atoms with Crippen LogP contribution < -0.4 is 16.0 Å². The lowest BCUT2D eigenvalue weighted by Crippen LogP contribution is -2.50. The number of nitrogens with zero attached hydrogens (tertiary/aromatic N) is 1. The highest BCUT2D eigenvalue weighted by Crippen LogP contribution is 1.89. The molecule has 0 aromatic carbocycles. The Labute approximate surface area is 106 Å². The highest BCUT2D eigenvalue weighted by Gasteiger charge is 2.19. The minimum Gasteiger partial charge on any atom is -0.354 e. The number of hydrogen-bond acceptors (Lipinski definition) is 4. The lowest BCUT2D eigenvalue weighted by Gasteiger charge is -2.14. The van der Waals surface area contributed by atoms with Crippen molar-refractivity contribution in [2.75, 3.05) is 13.1 Å². The van der Waals surface area contributed by atoms with Gasteiger partial charge >= 0.3 is 11.8 Å². The molecule has 0 aliphatic carbocycles. The molecule has 0 aromatic rings. The maximum absolute atomic E-state index is 11.5. The Morgan fingerprint density at radius 3 is 2.22 bits per heavy atom. The number of rotatable bonds is 5. The maximum Gasteiger partial charge on any atom is 0.310 e. The standard InChI is InChI=1S/C11H18N4O3/c1-7(2)6-14-9(16)8(3)15-11(18)10(17)13-5-4-12/h7-8H,5-6H2,1-3H3,(H,13,17)(H,14,16)(H,15,18). The highest BCUT2D eigenvalue weighted by molar-refractivity contribution is 6.35. The van der Waals surface area contributed by atoms with Gasteiger partial charge in [0, 0.05) is 6.54 Å². The molecule has 0 aliphatic rings. The quantitative estimate of drug-likeness (QED) is 0.427. The molecule has 7 heteroatoms. The Kier molecular flexibility index (Phi) is 7.12. The molecule has 0 radical (unpaired) electrons. The van der Waals surface area contributed by atoms with Crippen LogP contribution in [-0.2, 0) is 14.4 Å². The van der Waals surface area contributed by atoms with E-state index in [0.717, 1.165) is 0 Å². The summed E-state index contributed by atoms with van der Waals surface area (Å²) in [5.41, 5.74) is 0. The fourth-order valence-corrected chi connectivity index (χ4v) is 0.986. The third-order valence-corrected chi connectivity index (χ3v) is 1.96. The van der Waals surface area contributed by atoms with Crippen molar-refractivity contribution in [1.29, 1.82) is 5.26 Å². The molecule has 0 aromatic heterocycles. The van der Waals surface area contributed by atoms with Gasteiger partial charge in [-0.3, -0.25) is 14.4 Å². The third kappa shape index (κ3) is 6.48. The van der Waals surface area contributed by atoms with Gasteiger partial charge in [-0.1, -0.05) is 13.8 Å². The normalized spacial score (nSPS) is 11.3. The zero-order valence-corrected chi connectivity index (χ0v) is 10.7. The number of carbonyl (C=O) groups excluding carboxylic acids is 3. The average Bonchev–Trinajstić information content (AvgIpc) is 2.32. The smallest absolute Gasteiger partial charge is 0.310 e. The molecular weight excluding hydrogens is 236 g/mol. The number of hydrogen-bond donors (Lipinski definition) is 3. The van der Waals surface area contributed by atoms with Crippen LogP contribution >= 0.6 is 0 Å². The SMILES string of the molecule is CC(C)CNC(=O)C(C)NC(=O)C(=O)NCC#N. The van der Waals surface area contributed by atoms with E-state index in [9.17, 15) is 14.4 Å². The maximum atomic E-state index is 11.5. The van der Waals surface area contributed by atoms with Crippen molar-refractivity contribution in [3.05, 3.63) is 0 Å². The summed E-state index contributed by atoms with van der Waals surface area (Å²) in [6, 6.07) is 0.869. The van der Waals surface area contributed by atoms with Gasteiger partial charge in [-0.05, 0) is 12.8 Å². The molecule has 18 heavy (non-hydrogen) atoms. The molecule has 7 nitrogen and oxygen atoms in total. The second kappa shape index (κ2) is 8.06. The Morgan fingerprint density at radius 2 is 1.72 bits per heavy atom. The lowest BCUT2D eigenvalue weighted by atomic mass is 10.2. The molecule has 100 valence electrons. The molecule has 0 rings (SSSR count). The van der Waals surface area contributed by atoms with E-state index in [1.54, 1.807) is 6.07 Å². The highest BCUT2D eigenvalue weighted by atomic mass is 16.2. The van der Waals surface area contributed by atoms with Crippen molar-refractivity contribution < 1.29 is 14.4 Å². The summed E-state index contributed by atoms with van der Waals surface area (Å²) in [5.74, 6) is -1.92. The number of amides is 3.